The molecule has 0 bridgehead atoms. The van der Waals surface area contributed by atoms with Crippen LogP contribution in [0.15, 0.2) is 12.3 Å². The zero-order valence-electron chi connectivity index (χ0n) is 9.19. The van der Waals surface area contributed by atoms with Crippen LogP contribution in [0.3, 0.4) is 0 Å². The molecule has 1 aromatic rings. The molecular weight excluding hydrogens is 188 g/mol. The summed E-state index contributed by atoms with van der Waals surface area (Å²) in [6.07, 6.45) is 7.13. The molecule has 0 aliphatic heterocycles. The molecule has 2 N–H and O–H groups in total. The van der Waals surface area contributed by atoms with Gasteiger partial charge in [-0.15, -0.1) is 0 Å². The molecule has 2 rings (SSSR count). The van der Waals surface area contributed by atoms with E-state index in [2.05, 4.69) is 14.9 Å². The third-order valence-electron chi connectivity index (χ3n) is 3.01. The molecule has 0 atom stereocenters. The van der Waals surface area contributed by atoms with Gasteiger partial charge in [0.2, 0.25) is 5.95 Å². The summed E-state index contributed by atoms with van der Waals surface area (Å²) in [5.74, 6) is 2.08. The smallest absolute Gasteiger partial charge is 0.226 e. The molecule has 0 saturated heterocycles. The fraction of sp³-hybridized carbons (Fsp3) is 0.636. The first-order valence-corrected chi connectivity index (χ1v) is 5.55. The summed E-state index contributed by atoms with van der Waals surface area (Å²) >= 11 is 0. The standard InChI is InChI=1S/C11H18N4/c1-15(8-9-4-2-3-5-9)11-13-7-6-10(12)14-11/h6-7,9H,2-5,8H2,1H3,(H2,12,13,14). The van der Waals surface area contributed by atoms with Crippen molar-refractivity contribution in [2.75, 3.05) is 24.2 Å². The molecule has 15 heavy (non-hydrogen) atoms. The minimum atomic E-state index is 0.540. The summed E-state index contributed by atoms with van der Waals surface area (Å²) in [6.45, 7) is 1.05. The first-order chi connectivity index (χ1) is 7.25. The molecule has 0 unspecified atom stereocenters. The van der Waals surface area contributed by atoms with E-state index in [9.17, 15) is 0 Å². The molecule has 1 heterocycles. The number of nitrogens with two attached hydrogens (primary N) is 1. The Kier molecular flexibility index (Phi) is 3.04. The summed E-state index contributed by atoms with van der Waals surface area (Å²) < 4.78 is 0. The molecule has 1 fully saturated rings. The Morgan fingerprint density at radius 2 is 2.20 bits per heavy atom. The first kappa shape index (κ1) is 10.2. The molecule has 0 spiro atoms. The van der Waals surface area contributed by atoms with Crippen LogP contribution >= 0.6 is 0 Å². The maximum Gasteiger partial charge on any atom is 0.226 e. The van der Waals surface area contributed by atoms with E-state index in [4.69, 9.17) is 5.73 Å². The Bertz CT molecular complexity index is 320. The average Bonchev–Trinajstić information content (AvgIpc) is 2.70. The van der Waals surface area contributed by atoms with Crippen molar-refractivity contribution in [3.05, 3.63) is 12.3 Å². The van der Waals surface area contributed by atoms with Crippen LogP contribution in [0.1, 0.15) is 25.7 Å². The molecule has 4 heteroatoms. The Labute approximate surface area is 90.5 Å². The van der Waals surface area contributed by atoms with Gasteiger partial charge in [-0.2, -0.15) is 4.98 Å². The van der Waals surface area contributed by atoms with Gasteiger partial charge < -0.3 is 10.6 Å². The summed E-state index contributed by atoms with van der Waals surface area (Å²) in [6, 6.07) is 1.72. The highest BCUT2D eigenvalue weighted by atomic mass is 15.2. The largest absolute Gasteiger partial charge is 0.384 e. The molecule has 0 radical (unpaired) electrons. The van der Waals surface area contributed by atoms with Crippen molar-refractivity contribution in [3.8, 4) is 0 Å². The Morgan fingerprint density at radius 1 is 1.47 bits per heavy atom. The SMILES string of the molecule is CN(CC1CCCC1)c1nccc(N)n1. The van der Waals surface area contributed by atoms with E-state index in [-0.39, 0.29) is 0 Å². The zero-order valence-corrected chi connectivity index (χ0v) is 9.19. The normalized spacial score (nSPS) is 16.9. The van der Waals surface area contributed by atoms with Gasteiger partial charge in [-0.3, -0.25) is 0 Å². The van der Waals surface area contributed by atoms with Gasteiger partial charge in [-0.25, -0.2) is 4.98 Å². The van der Waals surface area contributed by atoms with Crippen molar-refractivity contribution < 1.29 is 0 Å². The van der Waals surface area contributed by atoms with E-state index in [1.165, 1.54) is 25.7 Å². The first-order valence-electron chi connectivity index (χ1n) is 5.55. The molecule has 1 saturated carbocycles. The van der Waals surface area contributed by atoms with Gasteiger partial charge in [0.1, 0.15) is 5.82 Å². The van der Waals surface area contributed by atoms with Gasteiger partial charge in [0.05, 0.1) is 0 Å². The average molecular weight is 206 g/mol. The van der Waals surface area contributed by atoms with Crippen molar-refractivity contribution in [1.29, 1.82) is 0 Å². The minimum Gasteiger partial charge on any atom is -0.384 e. The number of hydrogen-bond donors (Lipinski definition) is 1. The molecule has 4 nitrogen and oxygen atoms in total. The number of anilines is 2. The van der Waals surface area contributed by atoms with Crippen LogP contribution in [0.2, 0.25) is 0 Å². The monoisotopic (exact) mass is 206 g/mol. The summed E-state index contributed by atoms with van der Waals surface area (Å²) in [4.78, 5) is 10.5. The number of hydrogen-bond acceptors (Lipinski definition) is 4. The third-order valence-corrected chi connectivity index (χ3v) is 3.01. The van der Waals surface area contributed by atoms with Crippen molar-refractivity contribution in [2.24, 2.45) is 5.92 Å². The van der Waals surface area contributed by atoms with E-state index in [1.54, 1.807) is 12.3 Å². The third kappa shape index (κ3) is 2.58. The quantitative estimate of drug-likeness (QED) is 0.817. The van der Waals surface area contributed by atoms with Crippen molar-refractivity contribution in [2.45, 2.75) is 25.7 Å². The second-order valence-corrected chi connectivity index (χ2v) is 4.31. The lowest BCUT2D eigenvalue weighted by Gasteiger charge is -2.20. The number of nitrogens with zero attached hydrogens (tertiary/aromatic N) is 3. The highest BCUT2D eigenvalue weighted by molar-refractivity contribution is 5.36. The van der Waals surface area contributed by atoms with Crippen LogP contribution < -0.4 is 10.6 Å². The van der Waals surface area contributed by atoms with Gasteiger partial charge >= 0.3 is 0 Å². The van der Waals surface area contributed by atoms with Gasteiger partial charge in [0.15, 0.2) is 0 Å². The van der Waals surface area contributed by atoms with Crippen molar-refractivity contribution >= 4 is 11.8 Å². The Balaban J connectivity index is 1.97. The van der Waals surface area contributed by atoms with Crippen molar-refractivity contribution in [1.82, 2.24) is 9.97 Å². The van der Waals surface area contributed by atoms with E-state index >= 15 is 0 Å². The lowest BCUT2D eigenvalue weighted by atomic mass is 10.1. The van der Waals surface area contributed by atoms with Crippen LogP contribution in [0.5, 0.6) is 0 Å². The lowest BCUT2D eigenvalue weighted by Crippen LogP contribution is -2.25. The molecule has 1 aromatic heterocycles. The molecular formula is C11H18N4. The summed E-state index contributed by atoms with van der Waals surface area (Å²) in [5.41, 5.74) is 5.63. The molecule has 82 valence electrons. The Hall–Kier alpha value is -1.32. The maximum absolute atomic E-state index is 5.63. The van der Waals surface area contributed by atoms with Crippen molar-refractivity contribution in [3.63, 3.8) is 0 Å². The second kappa shape index (κ2) is 4.47. The fourth-order valence-electron chi connectivity index (χ4n) is 2.21. The fourth-order valence-corrected chi connectivity index (χ4v) is 2.21. The van der Waals surface area contributed by atoms with E-state index in [1.807, 2.05) is 7.05 Å². The lowest BCUT2D eigenvalue weighted by molar-refractivity contribution is 0.542. The molecule has 1 aliphatic carbocycles. The van der Waals surface area contributed by atoms with Crippen LogP contribution in [0, 0.1) is 5.92 Å². The van der Waals surface area contributed by atoms with Gasteiger partial charge in [-0.05, 0) is 24.8 Å². The van der Waals surface area contributed by atoms with Crippen LogP contribution in [-0.4, -0.2) is 23.6 Å². The van der Waals surface area contributed by atoms with Crippen LogP contribution in [0.4, 0.5) is 11.8 Å². The predicted octanol–water partition coefficient (Wildman–Crippen LogP) is 1.69. The van der Waals surface area contributed by atoms with Gasteiger partial charge in [-0.1, -0.05) is 12.8 Å². The highest BCUT2D eigenvalue weighted by Crippen LogP contribution is 2.25. The summed E-state index contributed by atoms with van der Waals surface area (Å²) in [5, 5.41) is 0. The highest BCUT2D eigenvalue weighted by Gasteiger charge is 2.17. The van der Waals surface area contributed by atoms with E-state index in [0.29, 0.717) is 5.82 Å². The number of nitrogen functional groups attached to an aromatic ring is 1. The van der Waals surface area contributed by atoms with Gasteiger partial charge in [0, 0.05) is 19.8 Å². The zero-order chi connectivity index (χ0) is 10.7. The molecule has 0 amide bonds. The number of rotatable bonds is 3. The topological polar surface area (TPSA) is 55.0 Å². The molecule has 0 aromatic carbocycles. The predicted molar refractivity (Wildman–Crippen MR) is 61.7 cm³/mol. The van der Waals surface area contributed by atoms with Crippen LogP contribution in [-0.2, 0) is 0 Å². The number of aromatic nitrogens is 2. The molecule has 1 aliphatic rings. The summed E-state index contributed by atoms with van der Waals surface area (Å²) in [7, 11) is 2.03. The Morgan fingerprint density at radius 3 is 2.87 bits per heavy atom. The van der Waals surface area contributed by atoms with E-state index < -0.39 is 0 Å². The van der Waals surface area contributed by atoms with E-state index in [0.717, 1.165) is 18.4 Å². The minimum absolute atomic E-state index is 0.540. The van der Waals surface area contributed by atoms with Gasteiger partial charge in [0.25, 0.3) is 0 Å². The van der Waals surface area contributed by atoms with Crippen LogP contribution in [0.25, 0.3) is 0 Å². The second-order valence-electron chi connectivity index (χ2n) is 4.31. The maximum atomic E-state index is 5.63.